The minimum atomic E-state index is -0.190. The zero-order valence-electron chi connectivity index (χ0n) is 17.0. The van der Waals surface area contributed by atoms with Crippen molar-refractivity contribution in [2.75, 3.05) is 7.11 Å². The van der Waals surface area contributed by atoms with E-state index >= 15 is 0 Å². The van der Waals surface area contributed by atoms with Crippen LogP contribution in [0.2, 0.25) is 0 Å². The zero-order valence-corrected chi connectivity index (χ0v) is 17.0. The van der Waals surface area contributed by atoms with Crippen LogP contribution in [-0.2, 0) is 13.1 Å². The first-order valence-electron chi connectivity index (χ1n) is 9.59. The largest absolute Gasteiger partial charge is 0.497 e. The van der Waals surface area contributed by atoms with Gasteiger partial charge in [0.15, 0.2) is 5.69 Å². The molecule has 0 aliphatic heterocycles. The molecular weight excluding hydrogens is 342 g/mol. The van der Waals surface area contributed by atoms with Crippen LogP contribution in [0.5, 0.6) is 5.75 Å². The highest BCUT2D eigenvalue weighted by molar-refractivity contribution is 5.92. The van der Waals surface area contributed by atoms with Gasteiger partial charge in [0.25, 0.3) is 5.91 Å². The Balaban J connectivity index is 2.06. The molecule has 6 heteroatoms. The fraction of sp³-hybridized carbons (Fsp3) is 0.524. The summed E-state index contributed by atoms with van der Waals surface area (Å²) in [6.07, 6.45) is 3.33. The van der Waals surface area contributed by atoms with Crippen molar-refractivity contribution in [3.8, 4) is 5.75 Å². The number of ether oxygens (including phenoxy) is 1. The smallest absolute Gasteiger partial charge is 0.273 e. The van der Waals surface area contributed by atoms with Gasteiger partial charge < -0.3 is 14.5 Å². The maximum atomic E-state index is 12.2. The van der Waals surface area contributed by atoms with Crippen molar-refractivity contribution in [1.29, 1.82) is 0 Å². The third-order valence-corrected chi connectivity index (χ3v) is 4.87. The van der Waals surface area contributed by atoms with Crippen molar-refractivity contribution >= 4 is 5.91 Å². The Morgan fingerprint density at radius 1 is 1.19 bits per heavy atom. The SMILES string of the molecule is CCC(C)NC(=O)c1coc(CN(Cc2ccc(OC)cc2)C(C)CC)n1. The van der Waals surface area contributed by atoms with E-state index in [1.807, 2.05) is 26.0 Å². The van der Waals surface area contributed by atoms with E-state index in [0.29, 0.717) is 24.2 Å². The third-order valence-electron chi connectivity index (χ3n) is 4.87. The summed E-state index contributed by atoms with van der Waals surface area (Å²) in [5.41, 5.74) is 1.52. The summed E-state index contributed by atoms with van der Waals surface area (Å²) in [4.78, 5) is 18.9. The third kappa shape index (κ3) is 6.10. The normalized spacial score (nSPS) is 13.4. The minimum absolute atomic E-state index is 0.115. The van der Waals surface area contributed by atoms with Crippen LogP contribution in [-0.4, -0.2) is 35.0 Å². The fourth-order valence-corrected chi connectivity index (χ4v) is 2.65. The first-order chi connectivity index (χ1) is 13.0. The summed E-state index contributed by atoms with van der Waals surface area (Å²) in [7, 11) is 1.66. The molecule has 148 valence electrons. The molecule has 27 heavy (non-hydrogen) atoms. The van der Waals surface area contributed by atoms with Gasteiger partial charge in [-0.1, -0.05) is 26.0 Å². The van der Waals surface area contributed by atoms with Gasteiger partial charge in [-0.2, -0.15) is 0 Å². The number of nitrogens with zero attached hydrogens (tertiary/aromatic N) is 2. The van der Waals surface area contributed by atoms with E-state index in [0.717, 1.165) is 25.1 Å². The van der Waals surface area contributed by atoms with Crippen molar-refractivity contribution in [1.82, 2.24) is 15.2 Å². The monoisotopic (exact) mass is 373 g/mol. The van der Waals surface area contributed by atoms with E-state index in [1.54, 1.807) is 7.11 Å². The molecule has 0 aliphatic carbocycles. The lowest BCUT2D eigenvalue weighted by atomic mass is 10.1. The number of oxazole rings is 1. The molecular formula is C21H31N3O3. The Labute approximate surface area is 161 Å². The molecule has 2 unspecified atom stereocenters. The van der Waals surface area contributed by atoms with E-state index in [2.05, 4.69) is 41.2 Å². The van der Waals surface area contributed by atoms with Crippen LogP contribution in [0.15, 0.2) is 34.9 Å². The van der Waals surface area contributed by atoms with Gasteiger partial charge in [-0.3, -0.25) is 9.69 Å². The van der Waals surface area contributed by atoms with Crippen LogP contribution in [0.3, 0.4) is 0 Å². The van der Waals surface area contributed by atoms with E-state index in [9.17, 15) is 4.79 Å². The Morgan fingerprint density at radius 3 is 2.48 bits per heavy atom. The number of hydrogen-bond acceptors (Lipinski definition) is 5. The van der Waals surface area contributed by atoms with E-state index < -0.39 is 0 Å². The zero-order chi connectivity index (χ0) is 19.8. The van der Waals surface area contributed by atoms with Gasteiger partial charge in [0.1, 0.15) is 12.0 Å². The van der Waals surface area contributed by atoms with Crippen molar-refractivity contribution < 1.29 is 13.9 Å². The molecule has 0 aliphatic rings. The first kappa shape index (κ1) is 21.0. The molecule has 0 spiro atoms. The van der Waals surface area contributed by atoms with Crippen LogP contribution in [0, 0.1) is 0 Å². The Morgan fingerprint density at radius 2 is 1.89 bits per heavy atom. The predicted octanol–water partition coefficient (Wildman–Crippen LogP) is 4.01. The highest BCUT2D eigenvalue weighted by Crippen LogP contribution is 2.18. The maximum Gasteiger partial charge on any atom is 0.273 e. The molecule has 2 rings (SSSR count). The summed E-state index contributed by atoms with van der Waals surface area (Å²) in [6, 6.07) is 8.53. The number of nitrogens with one attached hydrogen (secondary N) is 1. The van der Waals surface area contributed by atoms with Gasteiger partial charge in [0.2, 0.25) is 5.89 Å². The van der Waals surface area contributed by atoms with E-state index in [1.165, 1.54) is 11.8 Å². The lowest BCUT2D eigenvalue weighted by Gasteiger charge is -2.27. The Kier molecular flexibility index (Phi) is 7.85. The standard InChI is InChI=1S/C21H31N3O3/c1-6-15(3)22-21(25)19-14-27-20(23-19)13-24(16(4)7-2)12-17-8-10-18(26-5)11-9-17/h8-11,14-16H,6-7,12-13H2,1-5H3,(H,22,25). The molecule has 1 aromatic carbocycles. The topological polar surface area (TPSA) is 67.6 Å². The number of hydrogen-bond donors (Lipinski definition) is 1. The average molecular weight is 373 g/mol. The van der Waals surface area contributed by atoms with Gasteiger partial charge in [0, 0.05) is 18.6 Å². The van der Waals surface area contributed by atoms with Crippen LogP contribution in [0.1, 0.15) is 62.5 Å². The molecule has 2 aromatic rings. The molecule has 1 aromatic heterocycles. The molecule has 6 nitrogen and oxygen atoms in total. The summed E-state index contributed by atoms with van der Waals surface area (Å²) >= 11 is 0. The molecule has 0 radical (unpaired) electrons. The number of amides is 1. The van der Waals surface area contributed by atoms with Crippen molar-refractivity contribution in [2.24, 2.45) is 0 Å². The fourth-order valence-electron chi connectivity index (χ4n) is 2.65. The van der Waals surface area contributed by atoms with Crippen LogP contribution in [0.25, 0.3) is 0 Å². The van der Waals surface area contributed by atoms with Gasteiger partial charge in [-0.15, -0.1) is 0 Å². The van der Waals surface area contributed by atoms with Crippen molar-refractivity contribution in [3.63, 3.8) is 0 Å². The lowest BCUT2D eigenvalue weighted by Crippen LogP contribution is -2.33. The molecule has 0 bridgehead atoms. The van der Waals surface area contributed by atoms with Crippen molar-refractivity contribution in [2.45, 2.75) is 65.7 Å². The predicted molar refractivity (Wildman–Crippen MR) is 106 cm³/mol. The quantitative estimate of drug-likeness (QED) is 0.681. The molecule has 0 fully saturated rings. The number of carbonyl (C=O) groups excluding carboxylic acids is 1. The summed E-state index contributed by atoms with van der Waals surface area (Å²) in [5.74, 6) is 1.21. The summed E-state index contributed by atoms with van der Waals surface area (Å²) < 4.78 is 10.8. The molecule has 1 heterocycles. The number of benzene rings is 1. The Bertz CT molecular complexity index is 712. The first-order valence-corrected chi connectivity index (χ1v) is 9.59. The molecule has 2 atom stereocenters. The minimum Gasteiger partial charge on any atom is -0.497 e. The summed E-state index contributed by atoms with van der Waals surface area (Å²) in [5, 5.41) is 2.91. The Hall–Kier alpha value is -2.34. The van der Waals surface area contributed by atoms with Gasteiger partial charge >= 0.3 is 0 Å². The highest BCUT2D eigenvalue weighted by Gasteiger charge is 2.19. The molecule has 1 N–H and O–H groups in total. The second kappa shape index (κ2) is 10.1. The van der Waals surface area contributed by atoms with Gasteiger partial charge in [-0.05, 0) is 44.4 Å². The van der Waals surface area contributed by atoms with Crippen LogP contribution in [0.4, 0.5) is 0 Å². The summed E-state index contributed by atoms with van der Waals surface area (Å²) in [6.45, 7) is 9.67. The maximum absolute atomic E-state index is 12.2. The number of aromatic nitrogens is 1. The van der Waals surface area contributed by atoms with Gasteiger partial charge in [-0.25, -0.2) is 4.98 Å². The molecule has 0 saturated heterocycles. The molecule has 0 saturated carbocycles. The highest BCUT2D eigenvalue weighted by atomic mass is 16.5. The van der Waals surface area contributed by atoms with Crippen molar-refractivity contribution in [3.05, 3.63) is 47.7 Å². The second-order valence-electron chi connectivity index (χ2n) is 6.92. The van der Waals surface area contributed by atoms with E-state index in [4.69, 9.17) is 9.15 Å². The average Bonchev–Trinajstić information content (AvgIpc) is 3.16. The lowest BCUT2D eigenvalue weighted by molar-refractivity contribution is 0.0934. The number of methoxy groups -OCH3 is 1. The molecule has 1 amide bonds. The number of carbonyl (C=O) groups is 1. The van der Waals surface area contributed by atoms with Crippen LogP contribution >= 0.6 is 0 Å². The number of rotatable bonds is 10. The van der Waals surface area contributed by atoms with E-state index in [-0.39, 0.29) is 11.9 Å². The van der Waals surface area contributed by atoms with Crippen LogP contribution < -0.4 is 10.1 Å². The van der Waals surface area contributed by atoms with Gasteiger partial charge in [0.05, 0.1) is 13.7 Å². The second-order valence-corrected chi connectivity index (χ2v) is 6.92.